The first kappa shape index (κ1) is 15.4. The van der Waals surface area contributed by atoms with E-state index < -0.39 is 25.5 Å². The molecule has 112 valence electrons. The Hall–Kier alpha value is -1.97. The van der Waals surface area contributed by atoms with Gasteiger partial charge in [0.2, 0.25) is 10.0 Å². The van der Waals surface area contributed by atoms with Crippen LogP contribution in [0.1, 0.15) is 11.1 Å². The summed E-state index contributed by atoms with van der Waals surface area (Å²) in [7, 11) is -3.99. The molecule has 0 atom stereocenters. The predicted octanol–water partition coefficient (Wildman–Crippen LogP) is 2.03. The second kappa shape index (κ2) is 5.80. The predicted molar refractivity (Wildman–Crippen MR) is 80.6 cm³/mol. The molecular formula is C12H13N3O4S2. The Balaban J connectivity index is 2.32. The van der Waals surface area contributed by atoms with E-state index in [4.69, 9.17) is 5.73 Å². The van der Waals surface area contributed by atoms with Crippen molar-refractivity contribution in [2.24, 2.45) is 0 Å². The fraction of sp³-hybridized carbons (Fsp3) is 0.167. The molecule has 1 aromatic heterocycles. The van der Waals surface area contributed by atoms with Crippen LogP contribution < -0.4 is 10.5 Å². The van der Waals surface area contributed by atoms with Crippen LogP contribution in [-0.4, -0.2) is 13.3 Å². The SMILES string of the molecule is Cc1cscc1CNS(=O)(=O)c1ccc(N)cc1[N+](=O)[O-]. The molecule has 3 N–H and O–H groups in total. The highest BCUT2D eigenvalue weighted by atomic mass is 32.2. The Labute approximate surface area is 125 Å². The van der Waals surface area contributed by atoms with Crippen LogP contribution in [0.3, 0.4) is 0 Å². The number of nitrogens with zero attached hydrogens (tertiary/aromatic N) is 1. The molecule has 0 aliphatic rings. The first-order valence-electron chi connectivity index (χ1n) is 5.86. The molecule has 0 aliphatic heterocycles. The molecule has 7 nitrogen and oxygen atoms in total. The van der Waals surface area contributed by atoms with E-state index >= 15 is 0 Å². The number of hydrogen-bond acceptors (Lipinski definition) is 6. The van der Waals surface area contributed by atoms with E-state index in [1.165, 1.54) is 17.4 Å². The van der Waals surface area contributed by atoms with Crippen LogP contribution in [0.5, 0.6) is 0 Å². The van der Waals surface area contributed by atoms with Gasteiger partial charge < -0.3 is 5.73 Å². The first-order valence-corrected chi connectivity index (χ1v) is 8.29. The number of nitrogens with one attached hydrogen (secondary N) is 1. The number of nitro groups is 1. The van der Waals surface area contributed by atoms with Gasteiger partial charge in [0.1, 0.15) is 0 Å². The number of nitrogens with two attached hydrogens (primary N) is 1. The number of sulfonamides is 1. The van der Waals surface area contributed by atoms with Gasteiger partial charge >= 0.3 is 0 Å². The molecule has 2 aromatic rings. The monoisotopic (exact) mass is 327 g/mol. The summed E-state index contributed by atoms with van der Waals surface area (Å²) in [5, 5.41) is 14.7. The van der Waals surface area contributed by atoms with Crippen molar-refractivity contribution >= 4 is 32.7 Å². The van der Waals surface area contributed by atoms with Crippen LogP contribution in [-0.2, 0) is 16.6 Å². The zero-order valence-corrected chi connectivity index (χ0v) is 12.7. The van der Waals surface area contributed by atoms with Gasteiger partial charge in [-0.3, -0.25) is 10.1 Å². The first-order chi connectivity index (χ1) is 9.81. The summed E-state index contributed by atoms with van der Waals surface area (Å²) < 4.78 is 26.8. The van der Waals surface area contributed by atoms with Crippen molar-refractivity contribution in [1.29, 1.82) is 0 Å². The molecule has 9 heteroatoms. The zero-order valence-electron chi connectivity index (χ0n) is 11.1. The average molecular weight is 327 g/mol. The van der Waals surface area contributed by atoms with Crippen LogP contribution in [0, 0.1) is 17.0 Å². The lowest BCUT2D eigenvalue weighted by Gasteiger charge is -2.07. The van der Waals surface area contributed by atoms with E-state index in [0.29, 0.717) is 0 Å². The minimum absolute atomic E-state index is 0.0825. The van der Waals surface area contributed by atoms with Crippen molar-refractivity contribution in [3.8, 4) is 0 Å². The number of hydrogen-bond donors (Lipinski definition) is 2. The Bertz CT molecular complexity index is 784. The molecule has 0 aliphatic carbocycles. The number of nitro benzene ring substituents is 1. The molecule has 0 unspecified atom stereocenters. The van der Waals surface area contributed by atoms with E-state index in [0.717, 1.165) is 23.3 Å². The molecule has 0 saturated heterocycles. The lowest BCUT2D eigenvalue weighted by atomic mass is 10.2. The number of thiophene rings is 1. The minimum atomic E-state index is -3.99. The van der Waals surface area contributed by atoms with Crippen LogP contribution in [0.4, 0.5) is 11.4 Å². The molecule has 0 spiro atoms. The van der Waals surface area contributed by atoms with Gasteiger partial charge in [-0.2, -0.15) is 11.3 Å². The number of nitrogen functional groups attached to an aromatic ring is 1. The van der Waals surface area contributed by atoms with Crippen molar-refractivity contribution in [2.45, 2.75) is 18.4 Å². The standard InChI is InChI=1S/C12H13N3O4S2/c1-8-6-20-7-9(8)5-14-21(18,19)12-3-2-10(13)4-11(12)15(16)17/h2-4,6-7,14H,5,13H2,1H3. The van der Waals surface area contributed by atoms with Crippen LogP contribution in [0.2, 0.25) is 0 Å². The largest absolute Gasteiger partial charge is 0.399 e. The summed E-state index contributed by atoms with van der Waals surface area (Å²) in [6.45, 7) is 1.95. The fourth-order valence-electron chi connectivity index (χ4n) is 1.72. The second-order valence-electron chi connectivity index (χ2n) is 4.39. The van der Waals surface area contributed by atoms with Crippen molar-refractivity contribution in [2.75, 3.05) is 5.73 Å². The third-order valence-electron chi connectivity index (χ3n) is 2.88. The van der Waals surface area contributed by atoms with Gasteiger partial charge in [0.25, 0.3) is 5.69 Å². The topological polar surface area (TPSA) is 115 Å². The maximum absolute atomic E-state index is 12.2. The molecule has 21 heavy (non-hydrogen) atoms. The Morgan fingerprint density at radius 3 is 2.67 bits per heavy atom. The third-order valence-corrected chi connectivity index (χ3v) is 5.24. The Kier molecular flexibility index (Phi) is 4.26. The quantitative estimate of drug-likeness (QED) is 0.495. The molecule has 1 aromatic carbocycles. The van der Waals surface area contributed by atoms with Crippen LogP contribution in [0.15, 0.2) is 33.9 Å². The van der Waals surface area contributed by atoms with Crippen LogP contribution in [0.25, 0.3) is 0 Å². The highest BCUT2D eigenvalue weighted by Crippen LogP contribution is 2.26. The van der Waals surface area contributed by atoms with Crippen molar-refractivity contribution < 1.29 is 13.3 Å². The van der Waals surface area contributed by atoms with E-state index in [1.807, 2.05) is 17.7 Å². The van der Waals surface area contributed by atoms with Gasteiger partial charge in [-0.15, -0.1) is 0 Å². The maximum atomic E-state index is 12.2. The maximum Gasteiger partial charge on any atom is 0.291 e. The minimum Gasteiger partial charge on any atom is -0.399 e. The highest BCUT2D eigenvalue weighted by molar-refractivity contribution is 7.89. The summed E-state index contributed by atoms with van der Waals surface area (Å²) in [4.78, 5) is 9.81. The summed E-state index contributed by atoms with van der Waals surface area (Å²) in [6.07, 6.45) is 0. The number of rotatable bonds is 5. The third kappa shape index (κ3) is 3.38. The lowest BCUT2D eigenvalue weighted by Crippen LogP contribution is -2.24. The van der Waals surface area contributed by atoms with E-state index in [1.54, 1.807) is 0 Å². The highest BCUT2D eigenvalue weighted by Gasteiger charge is 2.25. The van der Waals surface area contributed by atoms with Gasteiger partial charge in [0.05, 0.1) is 4.92 Å². The molecule has 1 heterocycles. The zero-order chi connectivity index (χ0) is 15.6. The summed E-state index contributed by atoms with van der Waals surface area (Å²) in [5.41, 5.74) is 6.86. The molecule has 0 radical (unpaired) electrons. The van der Waals surface area contributed by atoms with Gasteiger partial charge in [-0.1, -0.05) is 0 Å². The molecule has 0 saturated carbocycles. The fourth-order valence-corrected chi connectivity index (χ4v) is 3.74. The van der Waals surface area contributed by atoms with Gasteiger partial charge in [-0.25, -0.2) is 13.1 Å². The molecule has 0 fully saturated rings. The van der Waals surface area contributed by atoms with E-state index in [2.05, 4.69) is 4.72 Å². The summed E-state index contributed by atoms with van der Waals surface area (Å²) in [5.74, 6) is 0. The number of aryl methyl sites for hydroxylation is 1. The Morgan fingerprint density at radius 1 is 1.38 bits per heavy atom. The van der Waals surface area contributed by atoms with Crippen molar-refractivity contribution in [3.63, 3.8) is 0 Å². The molecule has 2 rings (SSSR count). The number of anilines is 1. The smallest absolute Gasteiger partial charge is 0.291 e. The van der Waals surface area contributed by atoms with E-state index in [-0.39, 0.29) is 12.2 Å². The van der Waals surface area contributed by atoms with Gasteiger partial charge in [-0.05, 0) is 40.9 Å². The van der Waals surface area contributed by atoms with Crippen LogP contribution >= 0.6 is 11.3 Å². The summed E-state index contributed by atoms with van der Waals surface area (Å²) in [6, 6.07) is 3.48. The molecule has 0 amide bonds. The van der Waals surface area contributed by atoms with Crippen molar-refractivity contribution in [1.82, 2.24) is 4.72 Å². The van der Waals surface area contributed by atoms with Crippen molar-refractivity contribution in [3.05, 3.63) is 50.2 Å². The number of benzene rings is 1. The lowest BCUT2D eigenvalue weighted by molar-refractivity contribution is -0.387. The second-order valence-corrected chi connectivity index (χ2v) is 6.87. The molecular weight excluding hydrogens is 314 g/mol. The normalized spacial score (nSPS) is 11.5. The van der Waals surface area contributed by atoms with Gasteiger partial charge in [0, 0.05) is 18.3 Å². The van der Waals surface area contributed by atoms with E-state index in [9.17, 15) is 18.5 Å². The average Bonchev–Trinajstić information content (AvgIpc) is 2.81. The molecule has 0 bridgehead atoms. The summed E-state index contributed by atoms with van der Waals surface area (Å²) >= 11 is 1.46. The van der Waals surface area contributed by atoms with Gasteiger partial charge in [0.15, 0.2) is 4.90 Å². The Morgan fingerprint density at radius 2 is 2.10 bits per heavy atom.